The summed E-state index contributed by atoms with van der Waals surface area (Å²) in [4.78, 5) is 25.0. The predicted molar refractivity (Wildman–Crippen MR) is 66.6 cm³/mol. The van der Waals surface area contributed by atoms with Gasteiger partial charge in [-0.25, -0.2) is 4.79 Å². The van der Waals surface area contributed by atoms with E-state index < -0.39 is 12.0 Å². The Labute approximate surface area is 106 Å². The fourth-order valence-electron chi connectivity index (χ4n) is 2.84. The Morgan fingerprint density at radius 3 is 2.18 bits per heavy atom. The minimum absolute atomic E-state index is 0.0115. The van der Waals surface area contributed by atoms with Crippen LogP contribution in [0, 0.1) is 16.7 Å². The van der Waals surface area contributed by atoms with Gasteiger partial charge in [-0.05, 0) is 10.8 Å². The minimum Gasteiger partial charge on any atom is -0.480 e. The lowest BCUT2D eigenvalue weighted by Gasteiger charge is -2.21. The molecule has 96 valence electrons. The molecule has 1 unspecified atom stereocenters. The van der Waals surface area contributed by atoms with Crippen LogP contribution in [-0.2, 0) is 9.59 Å². The monoisotopic (exact) mass is 257 g/mol. The Balaban J connectivity index is 2.15. The second-order valence-corrected chi connectivity index (χ2v) is 7.04. The van der Waals surface area contributed by atoms with Gasteiger partial charge in [0.2, 0.25) is 5.91 Å². The summed E-state index contributed by atoms with van der Waals surface area (Å²) in [6, 6.07) is -0.639. The first-order chi connectivity index (χ1) is 7.71. The number of carbonyl (C=O) groups is 2. The summed E-state index contributed by atoms with van der Waals surface area (Å²) in [5, 5.41) is 9.09. The molecule has 1 saturated carbocycles. The van der Waals surface area contributed by atoms with Crippen molar-refractivity contribution in [3.63, 3.8) is 0 Å². The highest BCUT2D eigenvalue weighted by molar-refractivity contribution is 7.99. The molecule has 1 saturated heterocycles. The summed E-state index contributed by atoms with van der Waals surface area (Å²) in [5.41, 5.74) is -0.0548. The average Bonchev–Trinajstić information content (AvgIpc) is 2.55. The molecule has 0 bridgehead atoms. The van der Waals surface area contributed by atoms with Crippen LogP contribution in [0.2, 0.25) is 0 Å². The van der Waals surface area contributed by atoms with E-state index in [0.717, 1.165) is 0 Å². The van der Waals surface area contributed by atoms with Crippen molar-refractivity contribution < 1.29 is 14.7 Å². The first-order valence-corrected chi connectivity index (χ1v) is 6.97. The summed E-state index contributed by atoms with van der Waals surface area (Å²) >= 11 is 1.52. The van der Waals surface area contributed by atoms with Crippen LogP contribution in [0.1, 0.15) is 27.7 Å². The van der Waals surface area contributed by atoms with E-state index in [-0.39, 0.29) is 22.7 Å². The van der Waals surface area contributed by atoms with E-state index in [1.807, 2.05) is 0 Å². The number of thioether (sulfide) groups is 1. The van der Waals surface area contributed by atoms with E-state index in [4.69, 9.17) is 5.11 Å². The predicted octanol–water partition coefficient (Wildman–Crippen LogP) is 1.65. The van der Waals surface area contributed by atoms with Crippen LogP contribution in [0.5, 0.6) is 0 Å². The van der Waals surface area contributed by atoms with Gasteiger partial charge in [-0.3, -0.25) is 4.79 Å². The lowest BCUT2D eigenvalue weighted by Crippen LogP contribution is -2.43. The number of hydrogen-bond donors (Lipinski definition) is 1. The van der Waals surface area contributed by atoms with Crippen LogP contribution in [0.25, 0.3) is 0 Å². The molecule has 0 aromatic rings. The van der Waals surface area contributed by atoms with E-state index in [1.54, 1.807) is 0 Å². The zero-order valence-corrected chi connectivity index (χ0v) is 11.5. The van der Waals surface area contributed by atoms with Crippen LogP contribution in [0.3, 0.4) is 0 Å². The van der Waals surface area contributed by atoms with Gasteiger partial charge in [0.25, 0.3) is 0 Å². The molecule has 0 aromatic carbocycles. The molecule has 0 radical (unpaired) electrons. The molecule has 0 spiro atoms. The summed E-state index contributed by atoms with van der Waals surface area (Å²) in [6.07, 6.45) is 0. The number of nitrogens with zero attached hydrogens (tertiary/aromatic N) is 1. The first kappa shape index (κ1) is 12.7. The van der Waals surface area contributed by atoms with Gasteiger partial charge < -0.3 is 10.0 Å². The highest BCUT2D eigenvalue weighted by Crippen LogP contribution is 2.69. The molecule has 1 heterocycles. The zero-order valence-electron chi connectivity index (χ0n) is 10.7. The molecular weight excluding hydrogens is 238 g/mol. The van der Waals surface area contributed by atoms with E-state index in [1.165, 1.54) is 16.7 Å². The molecular formula is C12H19NO3S. The third-order valence-corrected chi connectivity index (χ3v) is 5.73. The molecule has 17 heavy (non-hydrogen) atoms. The zero-order chi connectivity index (χ0) is 13.0. The van der Waals surface area contributed by atoms with Gasteiger partial charge in [0.05, 0.1) is 5.88 Å². The smallest absolute Gasteiger partial charge is 0.327 e. The summed E-state index contributed by atoms with van der Waals surface area (Å²) in [5.74, 6) is 0.0974. The van der Waals surface area contributed by atoms with Crippen molar-refractivity contribution in [1.82, 2.24) is 4.90 Å². The highest BCUT2D eigenvalue weighted by Gasteiger charge is 2.69. The molecule has 2 fully saturated rings. The second-order valence-electron chi connectivity index (χ2n) is 6.04. The Morgan fingerprint density at radius 1 is 1.24 bits per heavy atom. The van der Waals surface area contributed by atoms with Crippen LogP contribution >= 0.6 is 11.8 Å². The van der Waals surface area contributed by atoms with Crippen LogP contribution in [0.4, 0.5) is 0 Å². The number of carbonyl (C=O) groups excluding carboxylic acids is 1. The number of rotatable bonds is 2. The van der Waals surface area contributed by atoms with Crippen molar-refractivity contribution >= 4 is 23.6 Å². The molecule has 2 aliphatic rings. The van der Waals surface area contributed by atoms with Crippen molar-refractivity contribution in [2.24, 2.45) is 16.7 Å². The van der Waals surface area contributed by atoms with E-state index >= 15 is 0 Å². The Kier molecular flexibility index (Phi) is 2.73. The van der Waals surface area contributed by atoms with Crippen molar-refractivity contribution in [2.45, 2.75) is 33.7 Å². The van der Waals surface area contributed by atoms with Gasteiger partial charge in [0, 0.05) is 11.7 Å². The van der Waals surface area contributed by atoms with Crippen LogP contribution in [-0.4, -0.2) is 39.6 Å². The van der Waals surface area contributed by atoms with Crippen LogP contribution < -0.4 is 0 Å². The fraction of sp³-hybridized carbons (Fsp3) is 0.833. The standard InChI is InChI=1S/C12H19NO3S/c1-11(2)8(12(11,3)4)9(14)13-6-17-5-7(13)10(15)16/h7-8H,5-6H2,1-4H3,(H,15,16). The third kappa shape index (κ3) is 1.66. The van der Waals surface area contributed by atoms with Gasteiger partial charge in [-0.2, -0.15) is 0 Å². The van der Waals surface area contributed by atoms with Gasteiger partial charge in [-0.15, -0.1) is 11.8 Å². The van der Waals surface area contributed by atoms with Crippen molar-refractivity contribution in [3.8, 4) is 0 Å². The number of carboxylic acids is 1. The van der Waals surface area contributed by atoms with E-state index in [9.17, 15) is 9.59 Å². The van der Waals surface area contributed by atoms with Crippen molar-refractivity contribution in [1.29, 1.82) is 0 Å². The maximum Gasteiger partial charge on any atom is 0.327 e. The molecule has 1 aliphatic carbocycles. The van der Waals surface area contributed by atoms with Gasteiger partial charge in [-0.1, -0.05) is 27.7 Å². The minimum atomic E-state index is -0.889. The molecule has 1 N–H and O–H groups in total. The largest absolute Gasteiger partial charge is 0.480 e. The molecule has 1 aliphatic heterocycles. The van der Waals surface area contributed by atoms with Gasteiger partial charge in [0.1, 0.15) is 6.04 Å². The van der Waals surface area contributed by atoms with Gasteiger partial charge >= 0.3 is 5.97 Å². The summed E-state index contributed by atoms with van der Waals surface area (Å²) in [7, 11) is 0. The highest BCUT2D eigenvalue weighted by atomic mass is 32.2. The number of hydrogen-bond acceptors (Lipinski definition) is 3. The number of aliphatic carboxylic acids is 1. The molecule has 1 atom stereocenters. The molecule has 4 nitrogen and oxygen atoms in total. The third-order valence-electron chi connectivity index (χ3n) is 4.72. The lowest BCUT2D eigenvalue weighted by molar-refractivity contribution is -0.148. The average molecular weight is 257 g/mol. The quantitative estimate of drug-likeness (QED) is 0.817. The maximum atomic E-state index is 12.4. The van der Waals surface area contributed by atoms with Crippen LogP contribution in [0.15, 0.2) is 0 Å². The normalized spacial score (nSPS) is 30.4. The van der Waals surface area contributed by atoms with Crippen molar-refractivity contribution in [3.05, 3.63) is 0 Å². The topological polar surface area (TPSA) is 57.6 Å². The first-order valence-electron chi connectivity index (χ1n) is 5.82. The fourth-order valence-corrected chi connectivity index (χ4v) is 4.00. The molecule has 2 rings (SSSR count). The summed E-state index contributed by atoms with van der Waals surface area (Å²) in [6.45, 7) is 8.31. The Morgan fingerprint density at radius 2 is 1.76 bits per heavy atom. The Hall–Kier alpha value is -0.710. The molecule has 5 heteroatoms. The van der Waals surface area contributed by atoms with Crippen molar-refractivity contribution in [2.75, 3.05) is 11.6 Å². The van der Waals surface area contributed by atoms with E-state index in [2.05, 4.69) is 27.7 Å². The van der Waals surface area contributed by atoms with E-state index in [0.29, 0.717) is 11.6 Å². The second kappa shape index (κ2) is 3.64. The number of amides is 1. The lowest BCUT2D eigenvalue weighted by atomic mass is 10.0. The Bertz CT molecular complexity index is 364. The maximum absolute atomic E-state index is 12.4. The summed E-state index contributed by atoms with van der Waals surface area (Å²) < 4.78 is 0. The molecule has 0 aromatic heterocycles. The SMILES string of the molecule is CC1(C)C(C(=O)N2CSCC2C(=O)O)C1(C)C. The van der Waals surface area contributed by atoms with Gasteiger partial charge in [0.15, 0.2) is 0 Å². The number of carboxylic acid groups (broad SMARTS) is 1. The molecule has 1 amide bonds.